The van der Waals surface area contributed by atoms with Crippen molar-refractivity contribution in [1.29, 1.82) is 0 Å². The van der Waals surface area contributed by atoms with Crippen molar-refractivity contribution in [2.75, 3.05) is 19.7 Å². The van der Waals surface area contributed by atoms with E-state index in [0.29, 0.717) is 0 Å². The first kappa shape index (κ1) is 13.0. The second kappa shape index (κ2) is 8.17. The molecule has 0 amide bonds. The lowest BCUT2D eigenvalue weighted by atomic mass is 10.2. The van der Waals surface area contributed by atoms with Gasteiger partial charge in [-0.25, -0.2) is 0 Å². The van der Waals surface area contributed by atoms with Crippen molar-refractivity contribution in [3.05, 3.63) is 29.8 Å². The van der Waals surface area contributed by atoms with Crippen LogP contribution in [0.2, 0.25) is 0 Å². The third-order valence-corrected chi connectivity index (χ3v) is 2.68. The Kier molecular flexibility index (Phi) is 6.66. The van der Waals surface area contributed by atoms with Gasteiger partial charge < -0.3 is 10.1 Å². The molecule has 0 aliphatic heterocycles. The van der Waals surface area contributed by atoms with E-state index in [0.717, 1.165) is 25.3 Å². The molecule has 16 heavy (non-hydrogen) atoms. The van der Waals surface area contributed by atoms with Gasteiger partial charge in [0.25, 0.3) is 0 Å². The molecule has 0 saturated heterocycles. The molecule has 0 atom stereocenters. The van der Waals surface area contributed by atoms with E-state index in [4.69, 9.17) is 4.74 Å². The summed E-state index contributed by atoms with van der Waals surface area (Å²) in [6, 6.07) is 8.39. The number of aryl methyl sites for hydroxylation is 1. The minimum atomic E-state index is 0.801. The smallest absolute Gasteiger partial charge is 0.137 e. The van der Waals surface area contributed by atoms with Gasteiger partial charge in [-0.05, 0) is 30.5 Å². The fourth-order valence-corrected chi connectivity index (χ4v) is 1.57. The first-order valence-electron chi connectivity index (χ1n) is 6.40. The summed E-state index contributed by atoms with van der Waals surface area (Å²) in [6.45, 7) is 7.46. The SMILES string of the molecule is CCCC[NH2+]CCOc1ccc(CC)cc1. The summed E-state index contributed by atoms with van der Waals surface area (Å²) in [5, 5.41) is 2.32. The minimum absolute atomic E-state index is 0.801. The fourth-order valence-electron chi connectivity index (χ4n) is 1.57. The lowest BCUT2D eigenvalue weighted by molar-refractivity contribution is -0.655. The molecule has 2 N–H and O–H groups in total. The zero-order chi connectivity index (χ0) is 11.6. The van der Waals surface area contributed by atoms with Crippen LogP contribution in [0.4, 0.5) is 0 Å². The average molecular weight is 222 g/mol. The van der Waals surface area contributed by atoms with Crippen molar-refractivity contribution >= 4 is 0 Å². The van der Waals surface area contributed by atoms with Crippen LogP contribution < -0.4 is 10.1 Å². The Morgan fingerprint density at radius 1 is 1.06 bits per heavy atom. The summed E-state index contributed by atoms with van der Waals surface area (Å²) < 4.78 is 5.65. The van der Waals surface area contributed by atoms with Crippen LogP contribution in [0, 0.1) is 0 Å². The molecule has 0 radical (unpaired) electrons. The van der Waals surface area contributed by atoms with Crippen molar-refractivity contribution in [3.8, 4) is 5.75 Å². The zero-order valence-corrected chi connectivity index (χ0v) is 10.5. The maximum absolute atomic E-state index is 5.65. The van der Waals surface area contributed by atoms with Crippen LogP contribution in [0.1, 0.15) is 32.3 Å². The standard InChI is InChI=1S/C14H23NO/c1-3-5-10-15-11-12-16-14-8-6-13(4-2)7-9-14/h6-9,15H,3-5,10-12H2,1-2H3/p+1. The predicted octanol–water partition coefficient (Wildman–Crippen LogP) is 1.99. The number of nitrogens with two attached hydrogens (primary N) is 1. The highest BCUT2D eigenvalue weighted by molar-refractivity contribution is 5.27. The molecule has 1 aromatic carbocycles. The predicted molar refractivity (Wildman–Crippen MR) is 67.9 cm³/mol. The van der Waals surface area contributed by atoms with E-state index in [1.165, 1.54) is 24.9 Å². The maximum Gasteiger partial charge on any atom is 0.137 e. The Morgan fingerprint density at radius 2 is 1.81 bits per heavy atom. The van der Waals surface area contributed by atoms with Crippen LogP contribution in [0.5, 0.6) is 5.75 Å². The van der Waals surface area contributed by atoms with Crippen LogP contribution in [-0.2, 0) is 6.42 Å². The molecule has 90 valence electrons. The minimum Gasteiger partial charge on any atom is -0.488 e. The highest BCUT2D eigenvalue weighted by Crippen LogP contribution is 2.11. The quantitative estimate of drug-likeness (QED) is 0.669. The Labute approximate surface area is 99.0 Å². The van der Waals surface area contributed by atoms with Gasteiger partial charge in [0.15, 0.2) is 0 Å². The van der Waals surface area contributed by atoms with E-state index in [9.17, 15) is 0 Å². The summed E-state index contributed by atoms with van der Waals surface area (Å²) in [6.07, 6.45) is 3.66. The molecule has 0 unspecified atom stereocenters. The van der Waals surface area contributed by atoms with Crippen LogP contribution in [0.15, 0.2) is 24.3 Å². The van der Waals surface area contributed by atoms with Gasteiger partial charge in [0.05, 0.1) is 6.54 Å². The van der Waals surface area contributed by atoms with Gasteiger partial charge in [-0.1, -0.05) is 32.4 Å². The number of rotatable bonds is 8. The first-order chi connectivity index (χ1) is 7.86. The topological polar surface area (TPSA) is 25.8 Å². The number of hydrogen-bond donors (Lipinski definition) is 1. The molecule has 1 rings (SSSR count). The third kappa shape index (κ3) is 5.17. The fraction of sp³-hybridized carbons (Fsp3) is 0.571. The van der Waals surface area contributed by atoms with Gasteiger partial charge in [0.2, 0.25) is 0 Å². The van der Waals surface area contributed by atoms with Crippen molar-refractivity contribution < 1.29 is 10.1 Å². The molecule has 2 nitrogen and oxygen atoms in total. The summed E-state index contributed by atoms with van der Waals surface area (Å²) in [5.41, 5.74) is 1.36. The molecule has 0 bridgehead atoms. The Bertz CT molecular complexity index is 269. The molecular weight excluding hydrogens is 198 g/mol. The van der Waals surface area contributed by atoms with Gasteiger partial charge in [0, 0.05) is 0 Å². The van der Waals surface area contributed by atoms with Crippen molar-refractivity contribution in [1.82, 2.24) is 0 Å². The van der Waals surface area contributed by atoms with Crippen LogP contribution in [0.3, 0.4) is 0 Å². The lowest BCUT2D eigenvalue weighted by Gasteiger charge is -2.06. The van der Waals surface area contributed by atoms with E-state index in [-0.39, 0.29) is 0 Å². The van der Waals surface area contributed by atoms with Crippen LogP contribution >= 0.6 is 0 Å². The first-order valence-corrected chi connectivity index (χ1v) is 6.40. The van der Waals surface area contributed by atoms with Crippen molar-refractivity contribution in [3.63, 3.8) is 0 Å². The van der Waals surface area contributed by atoms with Crippen molar-refractivity contribution in [2.24, 2.45) is 0 Å². The van der Waals surface area contributed by atoms with Crippen LogP contribution in [-0.4, -0.2) is 19.7 Å². The van der Waals surface area contributed by atoms with Gasteiger partial charge >= 0.3 is 0 Å². The maximum atomic E-state index is 5.65. The van der Waals surface area contributed by atoms with E-state index >= 15 is 0 Å². The molecule has 0 spiro atoms. The van der Waals surface area contributed by atoms with E-state index in [2.05, 4.69) is 43.4 Å². The summed E-state index contributed by atoms with van der Waals surface area (Å²) in [4.78, 5) is 0. The summed E-state index contributed by atoms with van der Waals surface area (Å²) in [5.74, 6) is 0.987. The molecule has 1 aromatic rings. The molecule has 2 heteroatoms. The number of benzene rings is 1. The number of unbranched alkanes of at least 4 members (excludes halogenated alkanes) is 1. The van der Waals surface area contributed by atoms with Gasteiger partial charge in [-0.3, -0.25) is 0 Å². The molecule has 0 heterocycles. The summed E-state index contributed by atoms with van der Waals surface area (Å²) in [7, 11) is 0. The highest BCUT2D eigenvalue weighted by atomic mass is 16.5. The zero-order valence-electron chi connectivity index (χ0n) is 10.5. The number of ether oxygens (including phenoxy) is 1. The van der Waals surface area contributed by atoms with Gasteiger partial charge in [-0.2, -0.15) is 0 Å². The van der Waals surface area contributed by atoms with Crippen molar-refractivity contribution in [2.45, 2.75) is 33.1 Å². The Morgan fingerprint density at radius 3 is 2.44 bits per heavy atom. The Hall–Kier alpha value is -1.02. The normalized spacial score (nSPS) is 10.4. The Balaban J connectivity index is 2.12. The second-order valence-corrected chi connectivity index (χ2v) is 4.07. The third-order valence-electron chi connectivity index (χ3n) is 2.68. The van der Waals surface area contributed by atoms with Crippen LogP contribution in [0.25, 0.3) is 0 Å². The largest absolute Gasteiger partial charge is 0.488 e. The lowest BCUT2D eigenvalue weighted by Crippen LogP contribution is -2.85. The van der Waals surface area contributed by atoms with Gasteiger partial charge in [0.1, 0.15) is 18.9 Å². The monoisotopic (exact) mass is 222 g/mol. The molecule has 0 saturated carbocycles. The summed E-state index contributed by atoms with van der Waals surface area (Å²) >= 11 is 0. The molecule has 0 aromatic heterocycles. The second-order valence-electron chi connectivity index (χ2n) is 4.07. The molecular formula is C14H24NO+. The van der Waals surface area contributed by atoms with Gasteiger partial charge in [-0.15, -0.1) is 0 Å². The highest BCUT2D eigenvalue weighted by Gasteiger charge is 1.95. The molecule has 0 aliphatic carbocycles. The number of quaternary nitrogens is 1. The number of hydrogen-bond acceptors (Lipinski definition) is 1. The van der Waals surface area contributed by atoms with E-state index in [1.807, 2.05) is 0 Å². The average Bonchev–Trinajstić information content (AvgIpc) is 2.34. The molecule has 0 aliphatic rings. The van der Waals surface area contributed by atoms with E-state index in [1.54, 1.807) is 0 Å². The van der Waals surface area contributed by atoms with E-state index < -0.39 is 0 Å². The molecule has 0 fully saturated rings.